The van der Waals surface area contributed by atoms with Gasteiger partial charge in [-0.2, -0.15) is 0 Å². The number of aliphatic hydroxyl groups is 2. The molecule has 2 atom stereocenters. The van der Waals surface area contributed by atoms with Crippen LogP contribution in [0, 0.1) is 5.41 Å². The molecule has 6 heteroatoms. The number of aliphatic hydroxyl groups excluding tert-OH is 2. The summed E-state index contributed by atoms with van der Waals surface area (Å²) >= 11 is 0. The quantitative estimate of drug-likeness (QED) is 0.0413. The Morgan fingerprint density at radius 1 is 0.578 bits per heavy atom. The van der Waals surface area contributed by atoms with Gasteiger partial charge in [0.2, 0.25) is 0 Å². The van der Waals surface area contributed by atoms with Crippen LogP contribution in [0.2, 0.25) is 0 Å². The molecule has 0 radical (unpaired) electrons. The molecule has 0 saturated carbocycles. The minimum Gasteiger partial charge on any atom is -0.481 e. The topological polar surface area (TPSA) is 115 Å². The van der Waals surface area contributed by atoms with Gasteiger partial charge in [-0.3, -0.25) is 9.59 Å². The van der Waals surface area contributed by atoms with E-state index >= 15 is 0 Å². The van der Waals surface area contributed by atoms with Crippen molar-refractivity contribution >= 4 is 11.9 Å². The maximum absolute atomic E-state index is 12.4. The first-order valence-corrected chi connectivity index (χ1v) is 18.6. The third-order valence-corrected chi connectivity index (χ3v) is 8.89. The minimum atomic E-state index is -1.00. The highest BCUT2D eigenvalue weighted by atomic mass is 16.4. The van der Waals surface area contributed by atoms with E-state index in [1.165, 1.54) is 70.6 Å². The van der Waals surface area contributed by atoms with E-state index in [1.54, 1.807) is 0 Å². The van der Waals surface area contributed by atoms with Gasteiger partial charge >= 0.3 is 11.9 Å². The lowest BCUT2D eigenvalue weighted by molar-refractivity contribution is -0.152. The van der Waals surface area contributed by atoms with Crippen molar-refractivity contribution in [2.45, 2.75) is 186 Å². The fourth-order valence-corrected chi connectivity index (χ4v) is 6.01. The molecule has 0 bridgehead atoms. The molecule has 0 aliphatic heterocycles. The van der Waals surface area contributed by atoms with Crippen LogP contribution in [0.1, 0.15) is 180 Å². The lowest BCUT2D eigenvalue weighted by atomic mass is 9.74. The molecule has 262 valence electrons. The summed E-state index contributed by atoms with van der Waals surface area (Å²) < 4.78 is 0. The number of hydrogen-bond donors (Lipinski definition) is 4. The zero-order valence-corrected chi connectivity index (χ0v) is 28.9. The fraction of sp³-hybridized carbons (Fsp3) is 0.795. The number of aliphatic carboxylic acids is 2. The van der Waals surface area contributed by atoms with Crippen LogP contribution < -0.4 is 0 Å². The molecule has 0 aromatic carbocycles. The molecule has 2 unspecified atom stereocenters. The SMILES string of the molecule is CCCCCCCCCCCCCCCCC(CC/C=C\C/C=C\C/C=C\CCCCCCCC(=O)O)(CC(O)CO)C(=O)O. The lowest BCUT2D eigenvalue weighted by Gasteiger charge is -2.31. The van der Waals surface area contributed by atoms with Crippen molar-refractivity contribution in [2.75, 3.05) is 6.61 Å². The van der Waals surface area contributed by atoms with Crippen LogP contribution in [0.4, 0.5) is 0 Å². The van der Waals surface area contributed by atoms with E-state index in [2.05, 4.69) is 37.3 Å². The summed E-state index contributed by atoms with van der Waals surface area (Å²) in [6, 6.07) is 0. The lowest BCUT2D eigenvalue weighted by Crippen LogP contribution is -2.36. The summed E-state index contributed by atoms with van der Waals surface area (Å²) in [4.78, 5) is 22.9. The summed E-state index contributed by atoms with van der Waals surface area (Å²) in [6.07, 6.45) is 39.4. The van der Waals surface area contributed by atoms with Crippen LogP contribution in [0.3, 0.4) is 0 Å². The minimum absolute atomic E-state index is 0.0993. The summed E-state index contributed by atoms with van der Waals surface area (Å²) in [5.74, 6) is -1.56. The standard InChI is InChI=1S/C39H70O6/c1-2-3-4-5-6-7-8-9-14-17-20-23-26-29-32-39(38(44)45,34-36(41)35-40)33-30-27-24-21-18-15-12-10-11-13-16-19-22-25-28-31-37(42)43/h10-11,15,18,24,27,36,40-41H,2-9,12-14,16-17,19-23,25-26,28-35H2,1H3,(H,42,43)(H,44,45)/b11-10-,18-15-,27-24-. The highest BCUT2D eigenvalue weighted by Crippen LogP contribution is 2.36. The molecular weight excluding hydrogens is 564 g/mol. The first kappa shape index (κ1) is 43.1. The summed E-state index contributed by atoms with van der Waals surface area (Å²) in [5.41, 5.74) is -0.997. The molecule has 0 amide bonds. The maximum atomic E-state index is 12.4. The van der Waals surface area contributed by atoms with E-state index < -0.39 is 30.1 Å². The zero-order chi connectivity index (χ0) is 33.3. The molecule has 0 aromatic heterocycles. The first-order chi connectivity index (χ1) is 21.9. The molecule has 0 aliphatic rings. The van der Waals surface area contributed by atoms with E-state index in [1.807, 2.05) is 6.08 Å². The number of carboxylic acids is 2. The van der Waals surface area contributed by atoms with Crippen LogP contribution in [-0.4, -0.2) is 45.1 Å². The van der Waals surface area contributed by atoms with Crippen molar-refractivity contribution in [3.05, 3.63) is 36.5 Å². The van der Waals surface area contributed by atoms with Crippen LogP contribution in [-0.2, 0) is 9.59 Å². The van der Waals surface area contributed by atoms with Gasteiger partial charge in [0.1, 0.15) is 0 Å². The Morgan fingerprint density at radius 3 is 1.51 bits per heavy atom. The molecule has 0 fully saturated rings. The molecule has 0 aliphatic carbocycles. The van der Waals surface area contributed by atoms with Crippen molar-refractivity contribution in [3.63, 3.8) is 0 Å². The Hall–Kier alpha value is -1.92. The second-order valence-electron chi connectivity index (χ2n) is 13.1. The molecule has 4 N–H and O–H groups in total. The van der Waals surface area contributed by atoms with E-state index in [-0.39, 0.29) is 12.8 Å². The van der Waals surface area contributed by atoms with Gasteiger partial charge in [0.25, 0.3) is 0 Å². The molecule has 0 spiro atoms. The van der Waals surface area contributed by atoms with Gasteiger partial charge in [0.05, 0.1) is 18.1 Å². The molecule has 0 rings (SSSR count). The third-order valence-electron chi connectivity index (χ3n) is 8.89. The predicted molar refractivity (Wildman–Crippen MR) is 189 cm³/mol. The number of carbonyl (C=O) groups is 2. The molecule has 6 nitrogen and oxygen atoms in total. The first-order valence-electron chi connectivity index (χ1n) is 18.6. The number of allylic oxidation sites excluding steroid dienone is 6. The highest BCUT2D eigenvalue weighted by Gasteiger charge is 2.38. The number of carboxylic acid groups (broad SMARTS) is 2. The van der Waals surface area contributed by atoms with Crippen molar-refractivity contribution in [1.82, 2.24) is 0 Å². The number of unbranched alkanes of at least 4 members (excludes halogenated alkanes) is 18. The summed E-state index contributed by atoms with van der Waals surface area (Å²) in [7, 11) is 0. The van der Waals surface area contributed by atoms with Crippen LogP contribution in [0.5, 0.6) is 0 Å². The second kappa shape index (κ2) is 32.0. The van der Waals surface area contributed by atoms with Crippen molar-refractivity contribution in [1.29, 1.82) is 0 Å². The van der Waals surface area contributed by atoms with Gasteiger partial charge in [-0.15, -0.1) is 0 Å². The van der Waals surface area contributed by atoms with Gasteiger partial charge in [-0.25, -0.2) is 0 Å². The maximum Gasteiger partial charge on any atom is 0.309 e. The molecule has 0 saturated heterocycles. The van der Waals surface area contributed by atoms with Gasteiger partial charge in [0, 0.05) is 6.42 Å². The third kappa shape index (κ3) is 28.1. The average molecular weight is 635 g/mol. The molecule has 45 heavy (non-hydrogen) atoms. The number of hydrogen-bond acceptors (Lipinski definition) is 4. The van der Waals surface area contributed by atoms with Crippen molar-refractivity contribution < 1.29 is 30.0 Å². The van der Waals surface area contributed by atoms with Gasteiger partial charge < -0.3 is 20.4 Å². The van der Waals surface area contributed by atoms with E-state index in [0.717, 1.165) is 70.6 Å². The van der Waals surface area contributed by atoms with Gasteiger partial charge in [0.15, 0.2) is 0 Å². The Labute approximate surface area is 276 Å². The summed E-state index contributed by atoms with van der Waals surface area (Å²) in [6.45, 7) is 1.85. The normalized spacial score (nSPS) is 14.1. The fourth-order valence-electron chi connectivity index (χ4n) is 6.01. The van der Waals surface area contributed by atoms with Crippen molar-refractivity contribution in [3.8, 4) is 0 Å². The van der Waals surface area contributed by atoms with Gasteiger partial charge in [-0.05, 0) is 57.8 Å². The Balaban J connectivity index is 4.20. The van der Waals surface area contributed by atoms with Crippen molar-refractivity contribution in [2.24, 2.45) is 5.41 Å². The molecule has 0 heterocycles. The highest BCUT2D eigenvalue weighted by molar-refractivity contribution is 5.74. The van der Waals surface area contributed by atoms with E-state index in [9.17, 15) is 24.9 Å². The van der Waals surface area contributed by atoms with Gasteiger partial charge in [-0.1, -0.05) is 153 Å². The van der Waals surface area contributed by atoms with E-state index in [4.69, 9.17) is 5.11 Å². The number of rotatable bonds is 34. The van der Waals surface area contributed by atoms with Crippen LogP contribution in [0.25, 0.3) is 0 Å². The average Bonchev–Trinajstić information content (AvgIpc) is 3.02. The Morgan fingerprint density at radius 2 is 1.02 bits per heavy atom. The zero-order valence-electron chi connectivity index (χ0n) is 28.9. The molecule has 0 aromatic rings. The summed E-state index contributed by atoms with van der Waals surface area (Å²) in [5, 5.41) is 38.4. The Bertz CT molecular complexity index is 773. The smallest absolute Gasteiger partial charge is 0.309 e. The Kier molecular flexibility index (Phi) is 30.7. The second-order valence-corrected chi connectivity index (χ2v) is 13.1. The van der Waals surface area contributed by atoms with E-state index in [0.29, 0.717) is 19.3 Å². The predicted octanol–water partition coefficient (Wildman–Crippen LogP) is 10.7. The van der Waals surface area contributed by atoms with Crippen LogP contribution in [0.15, 0.2) is 36.5 Å². The molecular formula is C39H70O6. The van der Waals surface area contributed by atoms with Crippen LogP contribution >= 0.6 is 0 Å². The largest absolute Gasteiger partial charge is 0.481 e. The monoisotopic (exact) mass is 635 g/mol.